The maximum atomic E-state index is 4.96. The third-order valence-electron chi connectivity index (χ3n) is 8.16. The van der Waals surface area contributed by atoms with Crippen molar-refractivity contribution in [2.45, 2.75) is 95.8 Å². The molecule has 0 amide bonds. The highest BCUT2D eigenvalue weighted by molar-refractivity contribution is 7.80. The zero-order valence-electron chi connectivity index (χ0n) is 22.5. The Morgan fingerprint density at radius 3 is 1.71 bits per heavy atom. The lowest BCUT2D eigenvalue weighted by molar-refractivity contribution is 0.324. The molecule has 0 radical (unpaired) electrons. The highest BCUT2D eigenvalue weighted by Gasteiger charge is 2.33. The van der Waals surface area contributed by atoms with E-state index in [1.807, 2.05) is 0 Å². The molecule has 35 heavy (non-hydrogen) atoms. The topological polar surface area (TPSA) is 4.93 Å². The minimum atomic E-state index is 0.124. The van der Waals surface area contributed by atoms with Crippen LogP contribution in [0.2, 0.25) is 0 Å². The van der Waals surface area contributed by atoms with Gasteiger partial charge in [0, 0.05) is 39.0 Å². The first-order valence-corrected chi connectivity index (χ1v) is 13.8. The molecular weight excluding hydrogens is 442 g/mol. The smallest absolute Gasteiger partial charge is 0.0494 e. The first-order valence-electron chi connectivity index (χ1n) is 13.3. The number of thiol groups is 1. The van der Waals surface area contributed by atoms with Gasteiger partial charge in [-0.2, -0.15) is 12.6 Å². The molecule has 4 aromatic rings. The van der Waals surface area contributed by atoms with Gasteiger partial charge in [-0.15, -0.1) is 0 Å². The Balaban J connectivity index is 1.77. The molecule has 0 spiro atoms. The maximum Gasteiger partial charge on any atom is 0.0494 e. The summed E-state index contributed by atoms with van der Waals surface area (Å²) < 4.78 is 2.69. The Morgan fingerprint density at radius 2 is 1.23 bits per heavy atom. The number of rotatable bonds is 2. The van der Waals surface area contributed by atoms with Crippen LogP contribution in [0.1, 0.15) is 95.0 Å². The van der Waals surface area contributed by atoms with Crippen molar-refractivity contribution in [3.05, 3.63) is 82.9 Å². The lowest BCUT2D eigenvalue weighted by Gasteiger charge is -2.37. The van der Waals surface area contributed by atoms with Gasteiger partial charge in [0.2, 0.25) is 0 Å². The second kappa shape index (κ2) is 8.73. The number of hydrogen-bond donors (Lipinski definition) is 1. The molecule has 3 aromatic carbocycles. The van der Waals surface area contributed by atoms with Crippen molar-refractivity contribution in [1.29, 1.82) is 0 Å². The van der Waals surface area contributed by atoms with Crippen LogP contribution in [0.25, 0.3) is 21.8 Å². The van der Waals surface area contributed by atoms with Crippen molar-refractivity contribution in [3.63, 3.8) is 0 Å². The van der Waals surface area contributed by atoms with Crippen LogP contribution in [0.3, 0.4) is 0 Å². The Labute approximate surface area is 217 Å². The molecule has 0 saturated heterocycles. The van der Waals surface area contributed by atoms with Gasteiger partial charge < -0.3 is 4.57 Å². The van der Waals surface area contributed by atoms with Crippen LogP contribution in [-0.2, 0) is 10.8 Å². The van der Waals surface area contributed by atoms with E-state index in [1.165, 1.54) is 44.1 Å². The molecule has 0 N–H and O–H groups in total. The molecule has 3 unspecified atom stereocenters. The Morgan fingerprint density at radius 1 is 0.714 bits per heavy atom. The highest BCUT2D eigenvalue weighted by atomic mass is 32.1. The quantitative estimate of drug-likeness (QED) is 0.271. The van der Waals surface area contributed by atoms with Gasteiger partial charge in [0.15, 0.2) is 0 Å². The summed E-state index contributed by atoms with van der Waals surface area (Å²) in [5, 5.41) is 3.26. The van der Waals surface area contributed by atoms with E-state index in [1.54, 1.807) is 0 Å². The molecular formula is C33H41NS. The van der Waals surface area contributed by atoms with Crippen LogP contribution < -0.4 is 0 Å². The summed E-state index contributed by atoms with van der Waals surface area (Å²) in [5.41, 5.74) is 8.57. The van der Waals surface area contributed by atoms with E-state index in [-0.39, 0.29) is 10.8 Å². The first-order chi connectivity index (χ1) is 16.4. The van der Waals surface area contributed by atoms with Crippen molar-refractivity contribution in [1.82, 2.24) is 4.57 Å². The molecule has 0 aliphatic heterocycles. The van der Waals surface area contributed by atoms with Gasteiger partial charge in [0.05, 0.1) is 0 Å². The van der Waals surface area contributed by atoms with Crippen LogP contribution >= 0.6 is 12.6 Å². The third kappa shape index (κ3) is 4.55. The van der Waals surface area contributed by atoms with Crippen LogP contribution in [0.4, 0.5) is 0 Å². The molecule has 0 bridgehead atoms. The maximum absolute atomic E-state index is 4.96. The second-order valence-corrected chi connectivity index (χ2v) is 13.6. The largest absolute Gasteiger partial charge is 0.337 e. The van der Waals surface area contributed by atoms with E-state index < -0.39 is 0 Å². The number of hydrogen-bond acceptors (Lipinski definition) is 1. The predicted molar refractivity (Wildman–Crippen MR) is 156 cm³/mol. The molecule has 1 aliphatic carbocycles. The van der Waals surface area contributed by atoms with E-state index in [0.717, 1.165) is 19.3 Å². The van der Waals surface area contributed by atoms with Crippen LogP contribution in [0.5, 0.6) is 0 Å². The molecule has 2 heteroatoms. The van der Waals surface area contributed by atoms with Crippen molar-refractivity contribution in [2.24, 2.45) is 0 Å². The normalized spacial score (nSPS) is 21.7. The molecule has 5 rings (SSSR count). The van der Waals surface area contributed by atoms with E-state index in [9.17, 15) is 0 Å². The SMILES string of the molecule is Cc1ccc(C2CC(S)CCC2n2c3ccc(C(C)(C)C)cc3c3cc(C(C)(C)C)ccc32)cc1. The van der Waals surface area contributed by atoms with Crippen molar-refractivity contribution in [2.75, 3.05) is 0 Å². The van der Waals surface area contributed by atoms with Crippen molar-refractivity contribution < 1.29 is 0 Å². The fourth-order valence-electron chi connectivity index (χ4n) is 5.96. The molecule has 1 aliphatic rings. The summed E-state index contributed by atoms with van der Waals surface area (Å²) in [7, 11) is 0. The van der Waals surface area contributed by atoms with E-state index in [2.05, 4.69) is 114 Å². The molecule has 1 fully saturated rings. The van der Waals surface area contributed by atoms with Gasteiger partial charge in [-0.1, -0.05) is 83.5 Å². The molecule has 1 saturated carbocycles. The summed E-state index contributed by atoms with van der Waals surface area (Å²) in [6.45, 7) is 16.1. The van der Waals surface area contributed by atoms with Crippen LogP contribution in [-0.4, -0.2) is 9.82 Å². The van der Waals surface area contributed by atoms with Crippen molar-refractivity contribution in [3.8, 4) is 0 Å². The van der Waals surface area contributed by atoms with Gasteiger partial charge in [-0.25, -0.2) is 0 Å². The average Bonchev–Trinajstić information content (AvgIpc) is 3.11. The van der Waals surface area contributed by atoms with Gasteiger partial charge in [-0.3, -0.25) is 0 Å². The van der Waals surface area contributed by atoms with Crippen molar-refractivity contribution >= 4 is 34.4 Å². The lowest BCUT2D eigenvalue weighted by Crippen LogP contribution is -2.26. The minimum absolute atomic E-state index is 0.124. The zero-order valence-corrected chi connectivity index (χ0v) is 23.4. The first kappa shape index (κ1) is 24.5. The average molecular weight is 484 g/mol. The standard InChI is InChI=1S/C33H41NS/c1-21-8-10-22(11-9-21)26-20-25(35)14-17-29(26)34-30-15-12-23(32(2,3)4)18-27(30)28-19-24(33(5,6)7)13-16-31(28)34/h8-13,15-16,18-19,25-26,29,35H,14,17,20H2,1-7H3. The number of aromatic nitrogens is 1. The van der Waals surface area contributed by atoms with Gasteiger partial charge >= 0.3 is 0 Å². The Hall–Kier alpha value is -2.19. The monoisotopic (exact) mass is 483 g/mol. The fourth-order valence-corrected chi connectivity index (χ4v) is 6.33. The van der Waals surface area contributed by atoms with Crippen LogP contribution in [0.15, 0.2) is 60.7 Å². The highest BCUT2D eigenvalue weighted by Crippen LogP contribution is 2.47. The molecule has 1 heterocycles. The summed E-state index contributed by atoms with van der Waals surface area (Å²) in [6, 6.07) is 24.1. The van der Waals surface area contributed by atoms with E-state index >= 15 is 0 Å². The van der Waals surface area contributed by atoms with Gasteiger partial charge in [-0.05, 0) is 78.0 Å². The lowest BCUT2D eigenvalue weighted by atomic mass is 9.79. The van der Waals surface area contributed by atoms with Gasteiger partial charge in [0.1, 0.15) is 0 Å². The predicted octanol–water partition coefficient (Wildman–Crippen LogP) is 9.51. The van der Waals surface area contributed by atoms with Crippen LogP contribution in [0, 0.1) is 6.92 Å². The summed E-state index contributed by atoms with van der Waals surface area (Å²) in [6.07, 6.45) is 3.45. The molecule has 1 aromatic heterocycles. The zero-order chi connectivity index (χ0) is 25.1. The Kier molecular flexibility index (Phi) is 6.11. The minimum Gasteiger partial charge on any atom is -0.337 e. The number of benzene rings is 3. The molecule has 3 atom stereocenters. The number of aryl methyl sites for hydroxylation is 1. The molecule has 184 valence electrons. The Bertz CT molecular complexity index is 1290. The second-order valence-electron chi connectivity index (χ2n) is 12.9. The summed E-state index contributed by atoms with van der Waals surface area (Å²) in [5.74, 6) is 0.468. The van der Waals surface area contributed by atoms with E-state index in [0.29, 0.717) is 17.2 Å². The number of fused-ring (bicyclic) bond motifs is 3. The third-order valence-corrected chi connectivity index (χ3v) is 8.63. The van der Waals surface area contributed by atoms with Gasteiger partial charge in [0.25, 0.3) is 0 Å². The number of nitrogens with zero attached hydrogens (tertiary/aromatic N) is 1. The fraction of sp³-hybridized carbons (Fsp3) is 0.455. The molecule has 1 nitrogen and oxygen atoms in total. The summed E-state index contributed by atoms with van der Waals surface area (Å²) >= 11 is 4.96. The van der Waals surface area contributed by atoms with E-state index in [4.69, 9.17) is 12.6 Å². The summed E-state index contributed by atoms with van der Waals surface area (Å²) in [4.78, 5) is 0.